The van der Waals surface area contributed by atoms with E-state index in [4.69, 9.17) is 21.1 Å². The van der Waals surface area contributed by atoms with Crippen molar-refractivity contribution in [2.75, 3.05) is 0 Å². The lowest BCUT2D eigenvalue weighted by Crippen LogP contribution is -2.55. The Labute approximate surface area is 235 Å². The number of amides is 2. The number of halogens is 1. The molecule has 2 saturated carbocycles. The zero-order chi connectivity index (χ0) is 28.0. The lowest BCUT2D eigenvalue weighted by Gasteiger charge is -2.39. The van der Waals surface area contributed by atoms with E-state index in [1.54, 1.807) is 0 Å². The molecule has 1 aromatic rings. The molecular formula is C31H49ClN2O4. The molecule has 214 valence electrons. The van der Waals surface area contributed by atoms with Crippen LogP contribution in [0, 0.1) is 35.5 Å². The van der Waals surface area contributed by atoms with Crippen LogP contribution in [0.1, 0.15) is 97.9 Å². The maximum absolute atomic E-state index is 13.7. The average Bonchev–Trinajstić information content (AvgIpc) is 2.86. The first-order valence-corrected chi connectivity index (χ1v) is 15.1. The monoisotopic (exact) mass is 548 g/mol. The van der Waals surface area contributed by atoms with Gasteiger partial charge in [-0.3, -0.25) is 0 Å². The van der Waals surface area contributed by atoms with Gasteiger partial charge in [-0.1, -0.05) is 84.7 Å². The fourth-order valence-corrected chi connectivity index (χ4v) is 6.57. The molecular weight excluding hydrogens is 500 g/mol. The maximum atomic E-state index is 13.7. The second-order valence-corrected chi connectivity index (χ2v) is 13.0. The Kier molecular flexibility index (Phi) is 11.2. The van der Waals surface area contributed by atoms with E-state index in [9.17, 15) is 9.59 Å². The molecule has 0 aromatic heterocycles. The number of carbonyl (C=O) groups excluding carboxylic acids is 2. The Hall–Kier alpha value is -1.95. The fourth-order valence-electron chi connectivity index (χ4n) is 6.31. The molecule has 3 rings (SSSR count). The molecule has 0 saturated heterocycles. The van der Waals surface area contributed by atoms with Crippen molar-refractivity contribution in [2.24, 2.45) is 35.5 Å². The van der Waals surface area contributed by atoms with Crippen LogP contribution < -0.4 is 5.43 Å². The van der Waals surface area contributed by atoms with Gasteiger partial charge in [-0.25, -0.2) is 20.0 Å². The van der Waals surface area contributed by atoms with Crippen LogP contribution >= 0.6 is 11.6 Å². The molecule has 1 aromatic carbocycles. The number of alkyl halides is 1. The minimum Gasteiger partial charge on any atom is -0.445 e. The highest BCUT2D eigenvalue weighted by atomic mass is 35.5. The predicted molar refractivity (Wildman–Crippen MR) is 153 cm³/mol. The number of hydrogen-bond donors (Lipinski definition) is 1. The average molecular weight is 549 g/mol. The van der Waals surface area contributed by atoms with Gasteiger partial charge in [0, 0.05) is 0 Å². The maximum Gasteiger partial charge on any atom is 0.429 e. The van der Waals surface area contributed by atoms with Gasteiger partial charge in [0.15, 0.2) is 0 Å². The van der Waals surface area contributed by atoms with Gasteiger partial charge < -0.3 is 9.47 Å². The van der Waals surface area contributed by atoms with Gasteiger partial charge in [0.05, 0.1) is 11.4 Å². The van der Waals surface area contributed by atoms with E-state index in [2.05, 4.69) is 47.0 Å². The summed E-state index contributed by atoms with van der Waals surface area (Å²) in [6.45, 7) is 14.9. The number of carbonyl (C=O) groups is 2. The molecule has 0 aliphatic heterocycles. The summed E-state index contributed by atoms with van der Waals surface area (Å²) in [5.41, 5.74) is 3.61. The number of benzene rings is 1. The van der Waals surface area contributed by atoms with Crippen LogP contribution in [0.3, 0.4) is 0 Å². The molecule has 0 spiro atoms. The molecule has 2 aliphatic rings. The van der Waals surface area contributed by atoms with E-state index in [-0.39, 0.29) is 18.1 Å². The van der Waals surface area contributed by atoms with Crippen molar-refractivity contribution in [3.05, 3.63) is 35.9 Å². The minimum atomic E-state index is -0.632. The molecule has 8 atom stereocenters. The van der Waals surface area contributed by atoms with Crippen molar-refractivity contribution < 1.29 is 19.1 Å². The van der Waals surface area contributed by atoms with E-state index in [0.29, 0.717) is 29.6 Å². The van der Waals surface area contributed by atoms with Crippen molar-refractivity contribution in [1.82, 2.24) is 10.4 Å². The van der Waals surface area contributed by atoms with Gasteiger partial charge >= 0.3 is 12.2 Å². The Morgan fingerprint density at radius 2 is 1.34 bits per heavy atom. The second-order valence-electron chi connectivity index (χ2n) is 12.6. The summed E-state index contributed by atoms with van der Waals surface area (Å²) in [4.78, 5) is 26.9. The molecule has 7 heteroatoms. The first-order chi connectivity index (χ1) is 18.0. The molecule has 0 bridgehead atoms. The largest absolute Gasteiger partial charge is 0.445 e. The summed E-state index contributed by atoms with van der Waals surface area (Å²) in [6, 6.07) is 9.02. The molecule has 0 radical (unpaired) electrons. The van der Waals surface area contributed by atoms with E-state index < -0.39 is 23.6 Å². The zero-order valence-corrected chi connectivity index (χ0v) is 25.1. The number of nitrogens with zero attached hydrogens (tertiary/aromatic N) is 1. The summed E-state index contributed by atoms with van der Waals surface area (Å²) >= 11 is 6.86. The van der Waals surface area contributed by atoms with E-state index in [1.165, 1.54) is 5.01 Å². The van der Waals surface area contributed by atoms with Crippen molar-refractivity contribution in [3.63, 3.8) is 0 Å². The predicted octanol–water partition coefficient (Wildman–Crippen LogP) is 8.36. The smallest absolute Gasteiger partial charge is 0.429 e. The second kappa shape index (κ2) is 13.9. The number of rotatable bonds is 7. The van der Waals surface area contributed by atoms with Gasteiger partial charge in [0.2, 0.25) is 0 Å². The van der Waals surface area contributed by atoms with Gasteiger partial charge in [0.25, 0.3) is 0 Å². The van der Waals surface area contributed by atoms with Gasteiger partial charge in [0.1, 0.15) is 12.2 Å². The van der Waals surface area contributed by atoms with Crippen molar-refractivity contribution in [1.29, 1.82) is 0 Å². The van der Waals surface area contributed by atoms with Gasteiger partial charge in [-0.15, -0.1) is 11.6 Å². The van der Waals surface area contributed by atoms with Crippen LogP contribution in [-0.2, 0) is 9.47 Å². The molecule has 2 aliphatic carbocycles. The number of nitrogens with one attached hydrogen (secondary N) is 1. The first kappa shape index (κ1) is 30.6. The Balaban J connectivity index is 1.79. The molecule has 2 unspecified atom stereocenters. The molecule has 2 amide bonds. The van der Waals surface area contributed by atoms with E-state index in [1.807, 2.05) is 37.3 Å². The highest BCUT2D eigenvalue weighted by Gasteiger charge is 2.38. The topological polar surface area (TPSA) is 67.9 Å². The fraction of sp³-hybridized carbons (Fsp3) is 0.742. The lowest BCUT2D eigenvalue weighted by molar-refractivity contribution is -0.0322. The molecule has 2 fully saturated rings. The normalized spacial score (nSPS) is 29.4. The molecule has 1 N–H and O–H groups in total. The standard InChI is InChI=1S/C31H49ClN2O4/c1-19(2)25-15-13-21(5)17-27(25)37-30(35)33-34(23(7)29(32)24-11-9-8-10-12-24)31(36)38-28-18-22(6)14-16-26(28)20(3)4/h8-12,19-23,25-29H,13-18H2,1-7H3,(H,33,35)/t21-,22-,23?,25+,26+,27-,28-,29?/m1/s1. The Morgan fingerprint density at radius 1 is 0.842 bits per heavy atom. The van der Waals surface area contributed by atoms with Crippen molar-refractivity contribution >= 4 is 23.8 Å². The summed E-state index contributed by atoms with van der Waals surface area (Å²) in [5, 5.41) is 0.702. The van der Waals surface area contributed by atoms with Crippen LogP contribution in [0.5, 0.6) is 0 Å². The quantitative estimate of drug-likeness (QED) is 0.274. The van der Waals surface area contributed by atoms with E-state index in [0.717, 1.165) is 44.1 Å². The number of ether oxygens (including phenoxy) is 2. The third-order valence-electron chi connectivity index (χ3n) is 8.79. The molecule has 38 heavy (non-hydrogen) atoms. The van der Waals surface area contributed by atoms with Crippen LogP contribution in [-0.4, -0.2) is 35.4 Å². The zero-order valence-electron chi connectivity index (χ0n) is 24.4. The van der Waals surface area contributed by atoms with Crippen molar-refractivity contribution in [2.45, 2.75) is 111 Å². The Bertz CT molecular complexity index is 895. The summed E-state index contributed by atoms with van der Waals surface area (Å²) in [7, 11) is 0. The van der Waals surface area contributed by atoms with Crippen molar-refractivity contribution in [3.8, 4) is 0 Å². The third kappa shape index (κ3) is 8.03. The SMILES string of the molecule is CC(C)[C@@H]1CC[C@@H](C)C[C@H]1OC(=O)NN(C(=O)O[C@@H]1C[C@H](C)CC[C@H]1C(C)C)C(C)C(Cl)c1ccccc1. The van der Waals surface area contributed by atoms with E-state index >= 15 is 0 Å². The number of hydrazine groups is 1. The number of hydrogen-bond acceptors (Lipinski definition) is 4. The van der Waals surface area contributed by atoms with Crippen LogP contribution in [0.25, 0.3) is 0 Å². The summed E-state index contributed by atoms with van der Waals surface area (Å²) in [6.07, 6.45) is 4.39. The summed E-state index contributed by atoms with van der Waals surface area (Å²) < 4.78 is 12.1. The van der Waals surface area contributed by atoms with Crippen LogP contribution in [0.15, 0.2) is 30.3 Å². The highest BCUT2D eigenvalue weighted by molar-refractivity contribution is 6.21. The molecule has 0 heterocycles. The van der Waals surface area contributed by atoms with Crippen LogP contribution in [0.4, 0.5) is 9.59 Å². The third-order valence-corrected chi connectivity index (χ3v) is 9.41. The minimum absolute atomic E-state index is 0.183. The van der Waals surface area contributed by atoms with Gasteiger partial charge in [-0.05, 0) is 73.7 Å². The highest BCUT2D eigenvalue weighted by Crippen LogP contribution is 2.37. The summed E-state index contributed by atoms with van der Waals surface area (Å²) in [5.74, 6) is 2.38. The Morgan fingerprint density at radius 3 is 1.84 bits per heavy atom. The molecule has 6 nitrogen and oxygen atoms in total. The van der Waals surface area contributed by atoms with Crippen LogP contribution in [0.2, 0.25) is 0 Å². The van der Waals surface area contributed by atoms with Gasteiger partial charge in [-0.2, -0.15) is 0 Å². The lowest BCUT2D eigenvalue weighted by atomic mass is 9.75. The first-order valence-electron chi connectivity index (χ1n) is 14.6.